The maximum Gasteiger partial charge on any atom is 0.264 e. The molecule has 0 spiro atoms. The van der Waals surface area contributed by atoms with Crippen LogP contribution in [0.3, 0.4) is 0 Å². The predicted octanol–water partition coefficient (Wildman–Crippen LogP) is 0.771. The summed E-state index contributed by atoms with van der Waals surface area (Å²) in [4.78, 5) is 12.0. The van der Waals surface area contributed by atoms with Crippen LogP contribution >= 0.6 is 0 Å². The summed E-state index contributed by atoms with van der Waals surface area (Å²) in [6.07, 6.45) is 4.54. The van der Waals surface area contributed by atoms with Crippen molar-refractivity contribution in [3.63, 3.8) is 0 Å². The lowest BCUT2D eigenvalue weighted by Crippen LogP contribution is -2.38. The third-order valence-electron chi connectivity index (χ3n) is 3.00. The van der Waals surface area contributed by atoms with Gasteiger partial charge in [-0.15, -0.1) is 0 Å². The van der Waals surface area contributed by atoms with E-state index in [9.17, 15) is 13.2 Å². The van der Waals surface area contributed by atoms with Crippen LogP contribution in [-0.2, 0) is 33.3 Å². The predicted molar refractivity (Wildman–Crippen MR) is 75.0 cm³/mol. The number of ketones is 1. The zero-order chi connectivity index (χ0) is 16.1. The summed E-state index contributed by atoms with van der Waals surface area (Å²) in [6, 6.07) is 0. The molecule has 0 aliphatic heterocycles. The van der Waals surface area contributed by atoms with Crippen LogP contribution in [-0.4, -0.2) is 54.2 Å². The van der Waals surface area contributed by atoms with E-state index in [-0.39, 0.29) is 18.1 Å². The summed E-state index contributed by atoms with van der Waals surface area (Å²) in [5.74, 6) is -1.21. The molecule has 0 unspecified atom stereocenters. The molecular weight excluding hydrogens is 300 g/mol. The van der Waals surface area contributed by atoms with Gasteiger partial charge in [-0.05, 0) is 18.9 Å². The van der Waals surface area contributed by atoms with E-state index in [2.05, 4.69) is 4.18 Å². The topological polar surface area (TPSA) is 88.1 Å². The van der Waals surface area contributed by atoms with Gasteiger partial charge in [0.25, 0.3) is 10.1 Å². The zero-order valence-corrected chi connectivity index (χ0v) is 13.4. The van der Waals surface area contributed by atoms with Crippen molar-refractivity contribution in [1.82, 2.24) is 0 Å². The molecule has 120 valence electrons. The highest BCUT2D eigenvalue weighted by Crippen LogP contribution is 2.31. The Labute approximate surface area is 124 Å². The van der Waals surface area contributed by atoms with Gasteiger partial charge in [-0.3, -0.25) is 8.98 Å². The Bertz CT molecular complexity index is 541. The maximum absolute atomic E-state index is 12.0. The molecule has 21 heavy (non-hydrogen) atoms. The van der Waals surface area contributed by atoms with Crippen molar-refractivity contribution < 1.29 is 31.6 Å². The van der Waals surface area contributed by atoms with E-state index >= 15 is 0 Å². The molecule has 0 atom stereocenters. The molecule has 0 saturated carbocycles. The van der Waals surface area contributed by atoms with Crippen LogP contribution < -0.4 is 0 Å². The van der Waals surface area contributed by atoms with E-state index in [1.54, 1.807) is 0 Å². The molecule has 0 amide bonds. The maximum atomic E-state index is 12.0. The number of allylic oxidation sites excluding steroid dienone is 2. The van der Waals surface area contributed by atoms with Gasteiger partial charge in [0.1, 0.15) is 0 Å². The largest absolute Gasteiger partial charge is 0.495 e. The van der Waals surface area contributed by atoms with Gasteiger partial charge in [0, 0.05) is 25.9 Å². The van der Waals surface area contributed by atoms with Gasteiger partial charge in [0.05, 0.1) is 20.0 Å². The highest BCUT2D eigenvalue weighted by Gasteiger charge is 2.38. The molecule has 0 aromatic heterocycles. The van der Waals surface area contributed by atoms with Crippen LogP contribution in [0.25, 0.3) is 0 Å². The van der Waals surface area contributed by atoms with Crippen molar-refractivity contribution in [2.24, 2.45) is 0 Å². The van der Waals surface area contributed by atoms with Crippen molar-refractivity contribution in [3.05, 3.63) is 23.5 Å². The number of carbonyl (C=O) groups excluding carboxylic acids is 1. The standard InChI is InChI=1S/C13H20O7S/c1-17-12-8-11(14)10(9-13(12,18-2)19-3)6-5-7-20-21(4,15)16/h8-9H,5-7H2,1-4H3. The summed E-state index contributed by atoms with van der Waals surface area (Å²) in [5.41, 5.74) is 0.455. The Kier molecular flexibility index (Phi) is 6.09. The van der Waals surface area contributed by atoms with Crippen LogP contribution in [0, 0.1) is 0 Å². The van der Waals surface area contributed by atoms with Crippen LogP contribution in [0.1, 0.15) is 12.8 Å². The molecule has 0 N–H and O–H groups in total. The lowest BCUT2D eigenvalue weighted by atomic mass is 9.95. The quantitative estimate of drug-likeness (QED) is 0.371. The summed E-state index contributed by atoms with van der Waals surface area (Å²) < 4.78 is 42.1. The van der Waals surface area contributed by atoms with Gasteiger partial charge in [-0.1, -0.05) is 0 Å². The van der Waals surface area contributed by atoms with Gasteiger partial charge in [-0.2, -0.15) is 8.42 Å². The first kappa shape index (κ1) is 17.8. The first-order valence-corrected chi connectivity index (χ1v) is 8.06. The summed E-state index contributed by atoms with van der Waals surface area (Å²) in [5, 5.41) is 0. The Hall–Kier alpha value is -1.22. The summed E-state index contributed by atoms with van der Waals surface area (Å²) in [7, 11) is 0.825. The number of methoxy groups -OCH3 is 3. The van der Waals surface area contributed by atoms with Crippen molar-refractivity contribution in [1.29, 1.82) is 0 Å². The lowest BCUT2D eigenvalue weighted by Gasteiger charge is -2.32. The van der Waals surface area contributed by atoms with E-state index in [0.717, 1.165) is 6.26 Å². The fourth-order valence-corrected chi connectivity index (χ4v) is 2.38. The third kappa shape index (κ3) is 4.63. The molecule has 8 heteroatoms. The van der Waals surface area contributed by atoms with Gasteiger partial charge in [0.15, 0.2) is 11.5 Å². The van der Waals surface area contributed by atoms with E-state index in [1.165, 1.54) is 33.5 Å². The van der Waals surface area contributed by atoms with Gasteiger partial charge in [0.2, 0.25) is 5.79 Å². The minimum atomic E-state index is -3.47. The van der Waals surface area contributed by atoms with Crippen molar-refractivity contribution in [2.75, 3.05) is 34.2 Å². The molecule has 0 saturated heterocycles. The number of carbonyl (C=O) groups is 1. The molecule has 1 aliphatic rings. The van der Waals surface area contributed by atoms with E-state index < -0.39 is 15.9 Å². The normalized spacial score (nSPS) is 18.2. The monoisotopic (exact) mass is 320 g/mol. The zero-order valence-electron chi connectivity index (χ0n) is 12.5. The van der Waals surface area contributed by atoms with Crippen LogP contribution in [0.5, 0.6) is 0 Å². The third-order valence-corrected chi connectivity index (χ3v) is 3.60. The lowest BCUT2D eigenvalue weighted by molar-refractivity contribution is -0.168. The van der Waals surface area contributed by atoms with Crippen molar-refractivity contribution >= 4 is 15.9 Å². The van der Waals surface area contributed by atoms with Crippen molar-refractivity contribution in [2.45, 2.75) is 18.6 Å². The Morgan fingerprint density at radius 1 is 1.19 bits per heavy atom. The number of ether oxygens (including phenoxy) is 3. The number of hydrogen-bond donors (Lipinski definition) is 0. The molecule has 7 nitrogen and oxygen atoms in total. The Morgan fingerprint density at radius 3 is 2.29 bits per heavy atom. The average Bonchev–Trinajstić information content (AvgIpc) is 2.43. The molecule has 0 aromatic rings. The first-order chi connectivity index (χ1) is 9.78. The first-order valence-electron chi connectivity index (χ1n) is 6.25. The van der Waals surface area contributed by atoms with Crippen LogP contribution in [0.4, 0.5) is 0 Å². The van der Waals surface area contributed by atoms with Crippen LogP contribution in [0.15, 0.2) is 23.5 Å². The molecule has 1 rings (SSSR count). The second-order valence-corrected chi connectivity index (χ2v) is 6.10. The second-order valence-electron chi connectivity index (χ2n) is 4.45. The second kappa shape index (κ2) is 7.17. The Balaban J connectivity index is 2.78. The summed E-state index contributed by atoms with van der Waals surface area (Å²) in [6.45, 7) is 0.0112. The molecular formula is C13H20O7S. The molecule has 0 heterocycles. The summed E-state index contributed by atoms with van der Waals surface area (Å²) >= 11 is 0. The minimum absolute atomic E-state index is 0.0112. The smallest absolute Gasteiger partial charge is 0.264 e. The van der Waals surface area contributed by atoms with Gasteiger partial charge >= 0.3 is 0 Å². The van der Waals surface area contributed by atoms with Crippen LogP contribution in [0.2, 0.25) is 0 Å². The highest BCUT2D eigenvalue weighted by atomic mass is 32.2. The van der Waals surface area contributed by atoms with Gasteiger partial charge in [-0.25, -0.2) is 0 Å². The molecule has 0 aromatic carbocycles. The SMILES string of the molecule is COC1=CC(=O)C(CCCOS(C)(=O)=O)=CC1(OC)OC. The number of rotatable bonds is 8. The van der Waals surface area contributed by atoms with Crippen molar-refractivity contribution in [3.8, 4) is 0 Å². The van der Waals surface area contributed by atoms with Gasteiger partial charge < -0.3 is 14.2 Å². The van der Waals surface area contributed by atoms with E-state index in [1.807, 2.05) is 0 Å². The minimum Gasteiger partial charge on any atom is -0.495 e. The molecule has 0 bridgehead atoms. The fraction of sp³-hybridized carbons (Fsp3) is 0.615. The highest BCUT2D eigenvalue weighted by molar-refractivity contribution is 7.85. The number of hydrogen-bond acceptors (Lipinski definition) is 7. The molecule has 1 aliphatic carbocycles. The molecule has 0 fully saturated rings. The van der Waals surface area contributed by atoms with E-state index in [4.69, 9.17) is 14.2 Å². The fourth-order valence-electron chi connectivity index (χ4n) is 1.96. The molecule has 0 radical (unpaired) electrons. The Morgan fingerprint density at radius 2 is 1.81 bits per heavy atom. The average molecular weight is 320 g/mol. The van der Waals surface area contributed by atoms with E-state index in [0.29, 0.717) is 18.4 Å².